The number of anilines is 1. The molecule has 5 rings (SSSR count). The Hall–Kier alpha value is -2.28. The smallest absolute Gasteiger partial charge is 0.251 e. The van der Waals surface area contributed by atoms with Gasteiger partial charge in [0.2, 0.25) is 0 Å². The van der Waals surface area contributed by atoms with E-state index in [1.165, 1.54) is 0 Å². The Morgan fingerprint density at radius 1 is 1.12 bits per heavy atom. The number of rotatable bonds is 3. The van der Waals surface area contributed by atoms with Crippen LogP contribution in [0.15, 0.2) is 28.6 Å². The Bertz CT molecular complexity index is 969. The van der Waals surface area contributed by atoms with Gasteiger partial charge in [-0.2, -0.15) is 0 Å². The van der Waals surface area contributed by atoms with Crippen LogP contribution in [0.3, 0.4) is 0 Å². The van der Waals surface area contributed by atoms with E-state index >= 15 is 0 Å². The van der Waals surface area contributed by atoms with Crippen LogP contribution >= 0.6 is 11.3 Å². The molecule has 7 heteroatoms. The highest BCUT2D eigenvalue weighted by atomic mass is 32.1. The molecule has 0 spiro atoms. The third-order valence-corrected chi connectivity index (χ3v) is 6.08. The minimum Gasteiger partial charge on any atom is -0.355 e. The summed E-state index contributed by atoms with van der Waals surface area (Å²) < 4.78 is 1.16. The molecule has 0 aromatic carbocycles. The zero-order chi connectivity index (χ0) is 16.8. The summed E-state index contributed by atoms with van der Waals surface area (Å²) in [7, 11) is 0. The number of hydrogen-bond donors (Lipinski definition) is 1. The number of fused-ring (bicyclic) bond motifs is 1. The van der Waals surface area contributed by atoms with Crippen molar-refractivity contribution in [1.82, 2.24) is 19.9 Å². The van der Waals surface area contributed by atoms with Gasteiger partial charge >= 0.3 is 0 Å². The van der Waals surface area contributed by atoms with Crippen LogP contribution < -0.4 is 10.5 Å². The molecule has 1 saturated carbocycles. The summed E-state index contributed by atoms with van der Waals surface area (Å²) in [5.74, 6) is 2.76. The molecule has 3 aromatic rings. The number of nitrogens with zero attached hydrogens (tertiary/aromatic N) is 4. The van der Waals surface area contributed by atoms with Gasteiger partial charge in [-0.25, -0.2) is 15.0 Å². The normalized spacial score (nSPS) is 18.8. The van der Waals surface area contributed by atoms with Crippen molar-refractivity contribution in [2.75, 3.05) is 18.0 Å². The SMILES string of the molecule is O=c1cc(C2CCN(c3ncnc4ccsc34)CC2)nc(C2CC2)[nH]1. The molecule has 4 heterocycles. The van der Waals surface area contributed by atoms with Gasteiger partial charge in [0, 0.05) is 31.0 Å². The topological polar surface area (TPSA) is 74.8 Å². The van der Waals surface area contributed by atoms with Crippen molar-refractivity contribution in [1.29, 1.82) is 0 Å². The Morgan fingerprint density at radius 2 is 1.96 bits per heavy atom. The Balaban J connectivity index is 1.36. The molecule has 0 radical (unpaired) electrons. The first-order valence-electron chi connectivity index (χ1n) is 8.82. The van der Waals surface area contributed by atoms with Crippen molar-refractivity contribution in [3.8, 4) is 0 Å². The van der Waals surface area contributed by atoms with E-state index in [1.54, 1.807) is 23.7 Å². The van der Waals surface area contributed by atoms with E-state index in [-0.39, 0.29) is 5.56 Å². The second-order valence-corrected chi connectivity index (χ2v) is 7.84. The van der Waals surface area contributed by atoms with Crippen LogP contribution in [0, 0.1) is 0 Å². The predicted octanol–water partition coefficient (Wildman–Crippen LogP) is 3.04. The van der Waals surface area contributed by atoms with Gasteiger partial charge in [0.15, 0.2) is 0 Å². The molecule has 3 aromatic heterocycles. The summed E-state index contributed by atoms with van der Waals surface area (Å²) in [5, 5.41) is 2.06. The van der Waals surface area contributed by atoms with E-state index < -0.39 is 0 Å². The number of aromatic nitrogens is 4. The Labute approximate surface area is 149 Å². The maximum Gasteiger partial charge on any atom is 0.251 e. The van der Waals surface area contributed by atoms with E-state index in [2.05, 4.69) is 25.2 Å². The average Bonchev–Trinajstić information content (AvgIpc) is 3.38. The van der Waals surface area contributed by atoms with E-state index in [9.17, 15) is 4.79 Å². The van der Waals surface area contributed by atoms with Crippen LogP contribution in [0.25, 0.3) is 10.2 Å². The van der Waals surface area contributed by atoms with Crippen LogP contribution in [0.1, 0.15) is 49.0 Å². The van der Waals surface area contributed by atoms with Crippen molar-refractivity contribution in [3.63, 3.8) is 0 Å². The van der Waals surface area contributed by atoms with Crippen LogP contribution in [0.4, 0.5) is 5.82 Å². The summed E-state index contributed by atoms with van der Waals surface area (Å²) in [6, 6.07) is 3.73. The second kappa shape index (κ2) is 5.91. The summed E-state index contributed by atoms with van der Waals surface area (Å²) in [6.45, 7) is 1.86. The van der Waals surface area contributed by atoms with E-state index in [0.29, 0.717) is 11.8 Å². The molecule has 2 aliphatic rings. The van der Waals surface area contributed by atoms with Crippen LogP contribution in [-0.2, 0) is 0 Å². The molecule has 128 valence electrons. The van der Waals surface area contributed by atoms with Gasteiger partial charge in [0.1, 0.15) is 18.0 Å². The van der Waals surface area contributed by atoms with Crippen molar-refractivity contribution in [2.45, 2.75) is 37.5 Å². The number of aromatic amines is 1. The van der Waals surface area contributed by atoms with Crippen LogP contribution in [-0.4, -0.2) is 33.0 Å². The molecule has 2 fully saturated rings. The fraction of sp³-hybridized carbons (Fsp3) is 0.444. The molecule has 0 amide bonds. The van der Waals surface area contributed by atoms with Crippen LogP contribution in [0.2, 0.25) is 0 Å². The minimum atomic E-state index is -0.00887. The largest absolute Gasteiger partial charge is 0.355 e. The zero-order valence-electron chi connectivity index (χ0n) is 13.8. The van der Waals surface area contributed by atoms with Gasteiger partial charge in [-0.15, -0.1) is 11.3 Å². The van der Waals surface area contributed by atoms with Crippen molar-refractivity contribution >= 4 is 27.4 Å². The Morgan fingerprint density at radius 3 is 2.76 bits per heavy atom. The number of hydrogen-bond acceptors (Lipinski definition) is 6. The third-order valence-electron chi connectivity index (χ3n) is 5.18. The quantitative estimate of drug-likeness (QED) is 0.783. The fourth-order valence-electron chi connectivity index (χ4n) is 3.64. The summed E-state index contributed by atoms with van der Waals surface area (Å²) in [5.41, 5.74) is 1.97. The molecule has 6 nitrogen and oxygen atoms in total. The highest BCUT2D eigenvalue weighted by molar-refractivity contribution is 7.17. The lowest BCUT2D eigenvalue weighted by molar-refractivity contribution is 0.491. The maximum atomic E-state index is 12.0. The van der Waals surface area contributed by atoms with Gasteiger partial charge in [-0.1, -0.05) is 0 Å². The lowest BCUT2D eigenvalue weighted by Gasteiger charge is -2.32. The number of thiophene rings is 1. The number of piperidine rings is 1. The summed E-state index contributed by atoms with van der Waals surface area (Å²) in [4.78, 5) is 30.8. The van der Waals surface area contributed by atoms with Gasteiger partial charge in [0.05, 0.1) is 15.9 Å². The number of nitrogens with one attached hydrogen (secondary N) is 1. The number of H-pyrrole nitrogens is 1. The van der Waals surface area contributed by atoms with Crippen molar-refractivity contribution in [3.05, 3.63) is 45.7 Å². The van der Waals surface area contributed by atoms with Crippen LogP contribution in [0.5, 0.6) is 0 Å². The highest BCUT2D eigenvalue weighted by Crippen LogP contribution is 2.38. The minimum absolute atomic E-state index is 0.00887. The van der Waals surface area contributed by atoms with Gasteiger partial charge in [0.25, 0.3) is 5.56 Å². The first-order chi connectivity index (χ1) is 12.3. The highest BCUT2D eigenvalue weighted by Gasteiger charge is 2.29. The average molecular weight is 353 g/mol. The standard InChI is InChI=1S/C18H19N5OS/c24-15-9-14(21-17(22-15)12-1-2-12)11-3-6-23(7-4-11)18-16-13(5-8-25-16)19-10-20-18/h5,8-12H,1-4,6-7H2,(H,21,22,24). The predicted molar refractivity (Wildman–Crippen MR) is 98.4 cm³/mol. The summed E-state index contributed by atoms with van der Waals surface area (Å²) in [6.07, 6.45) is 5.94. The molecule has 25 heavy (non-hydrogen) atoms. The summed E-state index contributed by atoms with van der Waals surface area (Å²) >= 11 is 1.69. The van der Waals surface area contributed by atoms with E-state index in [1.807, 2.05) is 6.07 Å². The molecular weight excluding hydrogens is 334 g/mol. The van der Waals surface area contributed by atoms with Crippen molar-refractivity contribution in [2.24, 2.45) is 0 Å². The lowest BCUT2D eigenvalue weighted by Crippen LogP contribution is -2.34. The Kier molecular flexibility index (Phi) is 3.55. The van der Waals surface area contributed by atoms with Crippen molar-refractivity contribution < 1.29 is 0 Å². The fourth-order valence-corrected chi connectivity index (χ4v) is 4.51. The van der Waals surface area contributed by atoms with Gasteiger partial charge in [-0.05, 0) is 37.1 Å². The third kappa shape index (κ3) is 2.82. The lowest BCUT2D eigenvalue weighted by atomic mass is 9.93. The molecule has 1 saturated heterocycles. The first kappa shape index (κ1) is 15.0. The molecule has 0 atom stereocenters. The molecule has 0 bridgehead atoms. The zero-order valence-corrected chi connectivity index (χ0v) is 14.6. The molecular formula is C18H19N5OS. The van der Waals surface area contributed by atoms with E-state index in [4.69, 9.17) is 4.98 Å². The first-order valence-corrected chi connectivity index (χ1v) is 9.70. The maximum absolute atomic E-state index is 12.0. The second-order valence-electron chi connectivity index (χ2n) is 6.92. The monoisotopic (exact) mass is 353 g/mol. The molecule has 0 unspecified atom stereocenters. The molecule has 1 aliphatic heterocycles. The molecule has 1 N–H and O–H groups in total. The van der Waals surface area contributed by atoms with E-state index in [0.717, 1.165) is 66.3 Å². The molecule has 1 aliphatic carbocycles. The van der Waals surface area contributed by atoms with Gasteiger partial charge < -0.3 is 9.88 Å². The van der Waals surface area contributed by atoms with Gasteiger partial charge in [-0.3, -0.25) is 4.79 Å².